The lowest BCUT2D eigenvalue weighted by Crippen LogP contribution is -2.36. The first-order chi connectivity index (χ1) is 12.1. The van der Waals surface area contributed by atoms with E-state index in [1.54, 1.807) is 0 Å². The van der Waals surface area contributed by atoms with Crippen molar-refractivity contribution < 1.29 is 9.59 Å². The number of nitrogens with zero attached hydrogens (tertiary/aromatic N) is 3. The molecule has 0 radical (unpaired) electrons. The molecule has 1 N–H and O–H groups in total. The molecule has 2 aliphatic rings. The number of thiazole rings is 1. The van der Waals surface area contributed by atoms with Crippen LogP contribution in [0.25, 0.3) is 10.2 Å². The second kappa shape index (κ2) is 6.63. The van der Waals surface area contributed by atoms with Crippen LogP contribution in [-0.4, -0.2) is 33.9 Å². The number of aryl methyl sites for hydroxylation is 1. The van der Waals surface area contributed by atoms with E-state index < -0.39 is 0 Å². The van der Waals surface area contributed by atoms with E-state index in [4.69, 9.17) is 0 Å². The number of carbonyl (C=O) groups is 2. The van der Waals surface area contributed by atoms with E-state index in [-0.39, 0.29) is 17.7 Å². The molecule has 1 saturated heterocycles. The number of fused-ring (bicyclic) bond motifs is 1. The first kappa shape index (κ1) is 16.3. The van der Waals surface area contributed by atoms with Crippen molar-refractivity contribution in [3.8, 4) is 0 Å². The third-order valence-corrected chi connectivity index (χ3v) is 6.38. The largest absolute Gasteiger partial charge is 0.339 e. The maximum Gasteiger partial charge on any atom is 0.245 e. The maximum absolute atomic E-state index is 12.5. The average molecular weight is 358 g/mol. The van der Waals surface area contributed by atoms with Crippen LogP contribution in [0.5, 0.6) is 0 Å². The molecule has 25 heavy (non-hydrogen) atoms. The van der Waals surface area contributed by atoms with E-state index in [2.05, 4.69) is 10.5 Å². The smallest absolute Gasteiger partial charge is 0.245 e. The van der Waals surface area contributed by atoms with E-state index in [0.29, 0.717) is 19.0 Å². The SMILES string of the molecule is Cn1/c(=N/NC(=O)C2CC(=O)N(C3CCCC3)C2)sc2ccccc21. The number of para-hydroxylation sites is 1. The second-order valence-corrected chi connectivity index (χ2v) is 7.89. The molecule has 0 bridgehead atoms. The summed E-state index contributed by atoms with van der Waals surface area (Å²) in [7, 11) is 1.94. The normalized spacial score (nSPS) is 22.3. The van der Waals surface area contributed by atoms with Gasteiger partial charge in [0.2, 0.25) is 16.6 Å². The Labute approximate surface area is 150 Å². The van der Waals surface area contributed by atoms with Crippen molar-refractivity contribution >= 4 is 33.4 Å². The van der Waals surface area contributed by atoms with Crippen molar-refractivity contribution in [2.75, 3.05) is 6.54 Å². The van der Waals surface area contributed by atoms with Gasteiger partial charge < -0.3 is 9.47 Å². The predicted molar refractivity (Wildman–Crippen MR) is 96.6 cm³/mol. The van der Waals surface area contributed by atoms with Crippen LogP contribution in [0.15, 0.2) is 29.4 Å². The number of benzene rings is 1. The second-order valence-electron chi connectivity index (χ2n) is 6.88. The van der Waals surface area contributed by atoms with Gasteiger partial charge in [-0.05, 0) is 25.0 Å². The Bertz CT molecular complexity index is 879. The number of hydrogen-bond acceptors (Lipinski definition) is 4. The number of nitrogens with one attached hydrogen (secondary N) is 1. The Morgan fingerprint density at radius 2 is 2.04 bits per heavy atom. The van der Waals surface area contributed by atoms with Crippen LogP contribution in [0, 0.1) is 5.92 Å². The summed E-state index contributed by atoms with van der Waals surface area (Å²) in [5, 5.41) is 4.29. The molecule has 7 heteroatoms. The van der Waals surface area contributed by atoms with Gasteiger partial charge in [0.05, 0.1) is 16.1 Å². The zero-order chi connectivity index (χ0) is 17.4. The molecule has 4 rings (SSSR count). The zero-order valence-electron chi connectivity index (χ0n) is 14.3. The maximum atomic E-state index is 12.5. The minimum absolute atomic E-state index is 0.111. The van der Waals surface area contributed by atoms with Crippen LogP contribution in [0.1, 0.15) is 32.1 Å². The van der Waals surface area contributed by atoms with Gasteiger partial charge in [0.15, 0.2) is 0 Å². The number of rotatable bonds is 3. The lowest BCUT2D eigenvalue weighted by Gasteiger charge is -2.23. The summed E-state index contributed by atoms with van der Waals surface area (Å²) in [5.41, 5.74) is 3.76. The standard InChI is InChI=1S/C18H22N4O2S/c1-21-14-8-4-5-9-15(14)25-18(21)20-19-17(24)12-10-16(23)22(11-12)13-6-2-3-7-13/h4-5,8-9,12-13H,2-3,6-7,10-11H2,1H3,(H,19,24)/b20-18-. The molecule has 1 aromatic heterocycles. The predicted octanol–water partition coefficient (Wildman–Crippen LogP) is 1.96. The van der Waals surface area contributed by atoms with Crippen molar-refractivity contribution in [1.82, 2.24) is 14.9 Å². The monoisotopic (exact) mass is 358 g/mol. The summed E-state index contributed by atoms with van der Waals surface area (Å²) in [6.45, 7) is 0.531. The van der Waals surface area contributed by atoms with Crippen LogP contribution in [0.2, 0.25) is 0 Å². The van der Waals surface area contributed by atoms with Crippen LogP contribution < -0.4 is 10.2 Å². The van der Waals surface area contributed by atoms with Crippen LogP contribution in [0.4, 0.5) is 0 Å². The molecule has 1 atom stereocenters. The number of carbonyl (C=O) groups excluding carboxylic acids is 2. The highest BCUT2D eigenvalue weighted by Crippen LogP contribution is 2.29. The summed E-state index contributed by atoms with van der Waals surface area (Å²) in [5.74, 6) is -0.345. The van der Waals surface area contributed by atoms with Crippen molar-refractivity contribution in [2.45, 2.75) is 38.1 Å². The Balaban J connectivity index is 1.46. The van der Waals surface area contributed by atoms with Crippen LogP contribution >= 0.6 is 11.3 Å². The van der Waals surface area contributed by atoms with Gasteiger partial charge in [0, 0.05) is 26.1 Å². The number of aromatic nitrogens is 1. The molecule has 2 aromatic rings. The van der Waals surface area contributed by atoms with Gasteiger partial charge in [0.25, 0.3) is 0 Å². The van der Waals surface area contributed by atoms with E-state index in [9.17, 15) is 9.59 Å². The first-order valence-electron chi connectivity index (χ1n) is 8.81. The molecule has 2 fully saturated rings. The molecular formula is C18H22N4O2S. The molecule has 2 heterocycles. The van der Waals surface area contributed by atoms with Crippen LogP contribution in [0.3, 0.4) is 0 Å². The lowest BCUT2D eigenvalue weighted by atomic mass is 10.1. The summed E-state index contributed by atoms with van der Waals surface area (Å²) in [6.07, 6.45) is 4.81. The molecule has 1 aliphatic carbocycles. The lowest BCUT2D eigenvalue weighted by molar-refractivity contribution is -0.130. The Hall–Kier alpha value is -2.15. The molecule has 132 valence electrons. The van der Waals surface area contributed by atoms with Gasteiger partial charge in [-0.2, -0.15) is 0 Å². The Morgan fingerprint density at radius 1 is 1.28 bits per heavy atom. The van der Waals surface area contributed by atoms with E-state index in [1.165, 1.54) is 24.2 Å². The highest BCUT2D eigenvalue weighted by atomic mass is 32.1. The topological polar surface area (TPSA) is 66.7 Å². The fraction of sp³-hybridized carbons (Fsp3) is 0.500. The number of likely N-dealkylation sites (tertiary alicyclic amines) is 1. The van der Waals surface area contributed by atoms with E-state index in [1.807, 2.05) is 40.8 Å². The minimum Gasteiger partial charge on any atom is -0.339 e. The van der Waals surface area contributed by atoms with Crippen molar-refractivity contribution in [3.05, 3.63) is 29.1 Å². The molecule has 1 saturated carbocycles. The van der Waals surface area contributed by atoms with Gasteiger partial charge in [-0.3, -0.25) is 9.59 Å². The molecule has 1 aromatic carbocycles. The van der Waals surface area contributed by atoms with Gasteiger partial charge in [-0.1, -0.05) is 36.3 Å². The zero-order valence-corrected chi connectivity index (χ0v) is 15.1. The van der Waals surface area contributed by atoms with E-state index >= 15 is 0 Å². The Kier molecular flexibility index (Phi) is 4.33. The molecule has 0 spiro atoms. The number of amides is 2. The molecular weight excluding hydrogens is 336 g/mol. The minimum atomic E-state index is -0.295. The fourth-order valence-electron chi connectivity index (χ4n) is 3.86. The summed E-state index contributed by atoms with van der Waals surface area (Å²) < 4.78 is 3.09. The molecule has 6 nitrogen and oxygen atoms in total. The molecule has 1 aliphatic heterocycles. The quantitative estimate of drug-likeness (QED) is 0.853. The highest BCUT2D eigenvalue weighted by molar-refractivity contribution is 7.16. The highest BCUT2D eigenvalue weighted by Gasteiger charge is 2.38. The number of hydrogen-bond donors (Lipinski definition) is 1. The molecule has 2 amide bonds. The van der Waals surface area contributed by atoms with Gasteiger partial charge in [-0.15, -0.1) is 5.10 Å². The Morgan fingerprint density at radius 3 is 2.80 bits per heavy atom. The third-order valence-electron chi connectivity index (χ3n) is 5.27. The van der Waals surface area contributed by atoms with Gasteiger partial charge in [0.1, 0.15) is 0 Å². The van der Waals surface area contributed by atoms with Crippen molar-refractivity contribution in [3.63, 3.8) is 0 Å². The van der Waals surface area contributed by atoms with Crippen molar-refractivity contribution in [2.24, 2.45) is 18.1 Å². The first-order valence-corrected chi connectivity index (χ1v) is 9.63. The summed E-state index contributed by atoms with van der Waals surface area (Å²) >= 11 is 1.53. The average Bonchev–Trinajstić information content (AvgIpc) is 3.33. The van der Waals surface area contributed by atoms with Gasteiger partial charge >= 0.3 is 0 Å². The third kappa shape index (κ3) is 3.08. The fourth-order valence-corrected chi connectivity index (χ4v) is 4.84. The van der Waals surface area contributed by atoms with Crippen molar-refractivity contribution in [1.29, 1.82) is 0 Å². The van der Waals surface area contributed by atoms with Gasteiger partial charge in [-0.25, -0.2) is 5.43 Å². The molecule has 1 unspecified atom stereocenters. The summed E-state index contributed by atoms with van der Waals surface area (Å²) in [4.78, 5) is 27.4. The summed E-state index contributed by atoms with van der Waals surface area (Å²) in [6, 6.07) is 8.38. The van der Waals surface area contributed by atoms with Crippen LogP contribution in [-0.2, 0) is 16.6 Å². The van der Waals surface area contributed by atoms with E-state index in [0.717, 1.165) is 27.9 Å².